The molecule has 0 aliphatic carbocycles. The number of hydrogen-bond donors (Lipinski definition) is 0. The number of aryl methyl sites for hydroxylation is 1. The van der Waals surface area contributed by atoms with E-state index >= 15 is 0 Å². The van der Waals surface area contributed by atoms with Gasteiger partial charge in [0.1, 0.15) is 5.82 Å². The SMILES string of the molecule is Cn1nccc1N1CC(CS(=O)(=O)Cl)CC1=O. The molecule has 1 aliphatic rings. The second-order valence-electron chi connectivity index (χ2n) is 4.09. The van der Waals surface area contributed by atoms with Crippen molar-refractivity contribution in [2.75, 3.05) is 17.2 Å². The minimum absolute atomic E-state index is 0.0982. The first kappa shape index (κ1) is 12.4. The van der Waals surface area contributed by atoms with Crippen LogP contribution in [0.3, 0.4) is 0 Å². The van der Waals surface area contributed by atoms with Gasteiger partial charge in [0.05, 0.1) is 11.9 Å². The molecule has 0 bridgehead atoms. The maximum absolute atomic E-state index is 11.8. The van der Waals surface area contributed by atoms with Crippen LogP contribution in [0.1, 0.15) is 6.42 Å². The molecule has 2 heterocycles. The molecule has 0 saturated carbocycles. The third-order valence-electron chi connectivity index (χ3n) is 2.71. The smallest absolute Gasteiger partial charge is 0.232 e. The fourth-order valence-corrected chi connectivity index (χ4v) is 3.35. The van der Waals surface area contributed by atoms with Crippen LogP contribution in [0.25, 0.3) is 0 Å². The van der Waals surface area contributed by atoms with E-state index in [1.807, 2.05) is 0 Å². The van der Waals surface area contributed by atoms with E-state index in [2.05, 4.69) is 5.10 Å². The molecule has 17 heavy (non-hydrogen) atoms. The van der Waals surface area contributed by atoms with Crippen LogP contribution in [-0.4, -0.2) is 36.4 Å². The van der Waals surface area contributed by atoms with Gasteiger partial charge < -0.3 is 0 Å². The lowest BCUT2D eigenvalue weighted by Gasteiger charge is -2.15. The van der Waals surface area contributed by atoms with E-state index < -0.39 is 9.05 Å². The van der Waals surface area contributed by atoms with Gasteiger partial charge in [0.15, 0.2) is 0 Å². The fraction of sp³-hybridized carbons (Fsp3) is 0.556. The van der Waals surface area contributed by atoms with Crippen LogP contribution in [0.15, 0.2) is 12.3 Å². The van der Waals surface area contributed by atoms with E-state index in [0.29, 0.717) is 12.4 Å². The molecule has 1 aromatic heterocycles. The molecule has 94 valence electrons. The maximum Gasteiger partial charge on any atom is 0.232 e. The number of carbonyl (C=O) groups is 1. The predicted octanol–water partition coefficient (Wildman–Crippen LogP) is 0.342. The molecule has 0 radical (unpaired) electrons. The second-order valence-corrected chi connectivity index (χ2v) is 6.91. The van der Waals surface area contributed by atoms with Gasteiger partial charge in [-0.15, -0.1) is 0 Å². The van der Waals surface area contributed by atoms with E-state index in [4.69, 9.17) is 10.7 Å². The summed E-state index contributed by atoms with van der Waals surface area (Å²) in [7, 11) is 3.36. The molecule has 0 aromatic carbocycles. The molecule has 0 N–H and O–H groups in total. The Labute approximate surface area is 104 Å². The number of carbonyl (C=O) groups excluding carboxylic acids is 1. The Morgan fingerprint density at radius 3 is 2.82 bits per heavy atom. The Hall–Kier alpha value is -1.08. The summed E-state index contributed by atoms with van der Waals surface area (Å²) in [4.78, 5) is 13.3. The van der Waals surface area contributed by atoms with Crippen LogP contribution < -0.4 is 4.90 Å². The molecule has 1 saturated heterocycles. The highest BCUT2D eigenvalue weighted by molar-refractivity contribution is 8.13. The van der Waals surface area contributed by atoms with Gasteiger partial charge in [-0.25, -0.2) is 8.42 Å². The number of halogens is 1. The van der Waals surface area contributed by atoms with Crippen molar-refractivity contribution in [2.45, 2.75) is 6.42 Å². The number of amides is 1. The topological polar surface area (TPSA) is 72.3 Å². The molecular weight excluding hydrogens is 266 g/mol. The molecule has 2 rings (SSSR count). The number of rotatable bonds is 3. The zero-order valence-corrected chi connectivity index (χ0v) is 10.8. The number of anilines is 1. The summed E-state index contributed by atoms with van der Waals surface area (Å²) in [5.74, 6) is 0.151. The normalized spacial score (nSPS) is 21.2. The van der Waals surface area contributed by atoms with Gasteiger partial charge in [0.2, 0.25) is 15.0 Å². The quantitative estimate of drug-likeness (QED) is 0.747. The summed E-state index contributed by atoms with van der Waals surface area (Å²) in [6.45, 7) is 0.365. The molecule has 1 fully saturated rings. The lowest BCUT2D eigenvalue weighted by atomic mass is 10.1. The highest BCUT2D eigenvalue weighted by Gasteiger charge is 2.34. The predicted molar refractivity (Wildman–Crippen MR) is 63.3 cm³/mol. The summed E-state index contributed by atoms with van der Waals surface area (Å²) < 4.78 is 23.5. The van der Waals surface area contributed by atoms with Gasteiger partial charge in [0.25, 0.3) is 0 Å². The van der Waals surface area contributed by atoms with E-state index in [1.165, 1.54) is 0 Å². The summed E-state index contributed by atoms with van der Waals surface area (Å²) >= 11 is 0. The Bertz CT molecular complexity index is 539. The average molecular weight is 278 g/mol. The van der Waals surface area contributed by atoms with Crippen molar-refractivity contribution in [1.29, 1.82) is 0 Å². The van der Waals surface area contributed by atoms with E-state index in [9.17, 15) is 13.2 Å². The Balaban J connectivity index is 2.14. The second kappa shape index (κ2) is 4.30. The molecule has 1 aliphatic heterocycles. The van der Waals surface area contributed by atoms with Crippen LogP contribution in [0.4, 0.5) is 5.82 Å². The summed E-state index contributed by atoms with van der Waals surface area (Å²) in [6, 6.07) is 1.72. The standard InChI is InChI=1S/C9H12ClN3O3S/c1-12-8(2-3-11-12)13-5-7(4-9(13)14)6-17(10,15)16/h2-3,7H,4-6H2,1H3. The van der Waals surface area contributed by atoms with Crippen molar-refractivity contribution in [3.8, 4) is 0 Å². The Morgan fingerprint density at radius 1 is 1.59 bits per heavy atom. The summed E-state index contributed by atoms with van der Waals surface area (Å²) in [6.07, 6.45) is 1.80. The van der Waals surface area contributed by atoms with Crippen LogP contribution in [-0.2, 0) is 20.9 Å². The van der Waals surface area contributed by atoms with Crippen LogP contribution in [0, 0.1) is 5.92 Å². The lowest BCUT2D eigenvalue weighted by molar-refractivity contribution is -0.117. The van der Waals surface area contributed by atoms with Crippen molar-refractivity contribution in [3.63, 3.8) is 0 Å². The van der Waals surface area contributed by atoms with Gasteiger partial charge in [-0.2, -0.15) is 5.10 Å². The number of hydrogen-bond acceptors (Lipinski definition) is 4. The Morgan fingerprint density at radius 2 is 2.29 bits per heavy atom. The first-order chi connectivity index (χ1) is 7.87. The molecule has 1 aromatic rings. The monoisotopic (exact) mass is 277 g/mol. The van der Waals surface area contributed by atoms with Crippen molar-refractivity contribution >= 4 is 31.5 Å². The van der Waals surface area contributed by atoms with Crippen molar-refractivity contribution in [1.82, 2.24) is 9.78 Å². The highest BCUT2D eigenvalue weighted by Crippen LogP contribution is 2.25. The van der Waals surface area contributed by atoms with Gasteiger partial charge in [-0.05, 0) is 0 Å². The minimum atomic E-state index is -3.56. The number of nitrogens with zero attached hydrogens (tertiary/aromatic N) is 3. The number of aromatic nitrogens is 2. The average Bonchev–Trinajstić information content (AvgIpc) is 2.70. The molecule has 1 atom stereocenters. The fourth-order valence-electron chi connectivity index (χ4n) is 2.03. The zero-order valence-electron chi connectivity index (χ0n) is 9.21. The minimum Gasteiger partial charge on any atom is -0.297 e. The third-order valence-corrected chi connectivity index (χ3v) is 3.96. The summed E-state index contributed by atoms with van der Waals surface area (Å²) in [5.41, 5.74) is 0. The molecule has 8 heteroatoms. The van der Waals surface area contributed by atoms with Gasteiger partial charge in [-0.1, -0.05) is 0 Å². The van der Waals surface area contributed by atoms with Crippen LogP contribution in [0.2, 0.25) is 0 Å². The molecule has 1 unspecified atom stereocenters. The first-order valence-electron chi connectivity index (χ1n) is 5.07. The molecule has 1 amide bonds. The zero-order chi connectivity index (χ0) is 12.6. The van der Waals surface area contributed by atoms with Crippen molar-refractivity contribution in [2.24, 2.45) is 13.0 Å². The van der Waals surface area contributed by atoms with Crippen LogP contribution >= 0.6 is 10.7 Å². The van der Waals surface area contributed by atoms with Gasteiger partial charge in [0, 0.05) is 42.7 Å². The first-order valence-corrected chi connectivity index (χ1v) is 7.55. The third kappa shape index (κ3) is 2.78. The van der Waals surface area contributed by atoms with E-state index in [0.717, 1.165) is 0 Å². The largest absolute Gasteiger partial charge is 0.297 e. The molecule has 0 spiro atoms. The van der Waals surface area contributed by atoms with Crippen LogP contribution in [0.5, 0.6) is 0 Å². The van der Waals surface area contributed by atoms with E-state index in [-0.39, 0.29) is 24.0 Å². The van der Waals surface area contributed by atoms with Gasteiger partial charge in [-0.3, -0.25) is 14.4 Å². The molecule has 6 nitrogen and oxygen atoms in total. The highest BCUT2D eigenvalue weighted by atomic mass is 35.7. The van der Waals surface area contributed by atoms with Gasteiger partial charge >= 0.3 is 0 Å². The Kier molecular flexibility index (Phi) is 3.13. The molecular formula is C9H12ClN3O3S. The van der Waals surface area contributed by atoms with E-state index in [1.54, 1.807) is 28.9 Å². The maximum atomic E-state index is 11.8. The van der Waals surface area contributed by atoms with Crippen molar-refractivity contribution < 1.29 is 13.2 Å². The summed E-state index contributed by atoms with van der Waals surface area (Å²) in [5, 5.41) is 3.97. The van der Waals surface area contributed by atoms with Crippen molar-refractivity contribution in [3.05, 3.63) is 12.3 Å². The lowest BCUT2D eigenvalue weighted by Crippen LogP contribution is -2.27.